The van der Waals surface area contributed by atoms with Gasteiger partial charge in [0.2, 0.25) is 0 Å². The highest BCUT2D eigenvalue weighted by Gasteiger charge is 2.68. The van der Waals surface area contributed by atoms with Crippen LogP contribution in [0.25, 0.3) is 0 Å². The van der Waals surface area contributed by atoms with Crippen molar-refractivity contribution in [2.45, 2.75) is 57.0 Å². The molecule has 0 aromatic carbocycles. The van der Waals surface area contributed by atoms with Gasteiger partial charge in [-0.15, -0.1) is 0 Å². The molecule has 4 aliphatic carbocycles. The van der Waals surface area contributed by atoms with E-state index in [1.807, 2.05) is 0 Å². The van der Waals surface area contributed by atoms with E-state index in [0.717, 1.165) is 5.92 Å². The Morgan fingerprint density at radius 1 is 1.11 bits per heavy atom. The molecular formula is C15H20O4. The number of cyclic esters (lactones) is 1. The van der Waals surface area contributed by atoms with Crippen LogP contribution in [0.4, 0.5) is 0 Å². The van der Waals surface area contributed by atoms with E-state index in [0.29, 0.717) is 23.9 Å². The van der Waals surface area contributed by atoms with E-state index in [4.69, 9.17) is 14.2 Å². The Kier molecular flexibility index (Phi) is 1.85. The highest BCUT2D eigenvalue weighted by atomic mass is 16.8. The number of hydrogen-bond donors (Lipinski definition) is 0. The minimum absolute atomic E-state index is 0.155. The van der Waals surface area contributed by atoms with Gasteiger partial charge in [0, 0.05) is 11.8 Å². The maximum Gasteiger partial charge on any atom is 0.338 e. The Morgan fingerprint density at radius 3 is 2.47 bits per heavy atom. The van der Waals surface area contributed by atoms with Gasteiger partial charge in [0.25, 0.3) is 0 Å². The molecule has 4 nitrogen and oxygen atoms in total. The predicted molar refractivity (Wildman–Crippen MR) is 65.1 cm³/mol. The van der Waals surface area contributed by atoms with Crippen molar-refractivity contribution >= 4 is 5.97 Å². The highest BCUT2D eigenvalue weighted by Crippen LogP contribution is 2.66. The molecule has 104 valence electrons. The van der Waals surface area contributed by atoms with Crippen molar-refractivity contribution in [2.24, 2.45) is 23.2 Å². The van der Waals surface area contributed by atoms with Crippen molar-refractivity contribution in [1.82, 2.24) is 0 Å². The molecule has 2 aliphatic heterocycles. The molecule has 19 heavy (non-hydrogen) atoms. The molecule has 4 unspecified atom stereocenters. The van der Waals surface area contributed by atoms with E-state index in [2.05, 4.69) is 6.92 Å². The Hall–Kier alpha value is -0.610. The van der Waals surface area contributed by atoms with Crippen LogP contribution >= 0.6 is 0 Å². The van der Waals surface area contributed by atoms with Crippen LogP contribution in [-0.4, -0.2) is 30.6 Å². The molecule has 0 aromatic heterocycles. The van der Waals surface area contributed by atoms with Gasteiger partial charge in [0.15, 0.2) is 11.9 Å². The summed E-state index contributed by atoms with van der Waals surface area (Å²) in [5, 5.41) is 0. The molecule has 0 radical (unpaired) electrons. The first kappa shape index (κ1) is 11.1. The van der Waals surface area contributed by atoms with Gasteiger partial charge in [0.1, 0.15) is 12.7 Å². The van der Waals surface area contributed by atoms with Gasteiger partial charge in [-0.3, -0.25) is 0 Å². The van der Waals surface area contributed by atoms with Crippen LogP contribution in [0.3, 0.4) is 0 Å². The largest absolute Gasteiger partial charge is 0.461 e. The van der Waals surface area contributed by atoms with Gasteiger partial charge in [0.05, 0.1) is 0 Å². The van der Waals surface area contributed by atoms with Crippen molar-refractivity contribution in [3.05, 3.63) is 0 Å². The normalized spacial score (nSPS) is 61.7. The van der Waals surface area contributed by atoms with Crippen molar-refractivity contribution in [2.75, 3.05) is 6.61 Å². The third kappa shape index (κ3) is 1.25. The van der Waals surface area contributed by atoms with Gasteiger partial charge in [-0.2, -0.15) is 0 Å². The van der Waals surface area contributed by atoms with Gasteiger partial charge in [-0.05, 0) is 43.4 Å². The third-order valence-electron chi connectivity index (χ3n) is 6.24. The van der Waals surface area contributed by atoms with E-state index in [1.165, 1.54) is 32.1 Å². The quantitative estimate of drug-likeness (QED) is 0.627. The molecule has 0 N–H and O–H groups in total. The summed E-state index contributed by atoms with van der Waals surface area (Å²) >= 11 is 0. The standard InChI is InChI=1S/C15H20O4/c1-14-4-8-2-9(5-14)15(10(3-8)6-14)18-11-7-17-13(16)12(11)19-15/h8-12H,2-7H2,1H3. The summed E-state index contributed by atoms with van der Waals surface area (Å²) in [5.74, 6) is 1.16. The number of esters is 1. The van der Waals surface area contributed by atoms with Gasteiger partial charge in [-0.1, -0.05) is 6.92 Å². The molecule has 4 atom stereocenters. The molecule has 2 saturated heterocycles. The first-order valence-electron chi connectivity index (χ1n) is 7.60. The van der Waals surface area contributed by atoms with Crippen molar-refractivity contribution in [3.8, 4) is 0 Å². The summed E-state index contributed by atoms with van der Waals surface area (Å²) in [5.41, 5.74) is 0.493. The molecule has 4 heteroatoms. The Labute approximate surface area is 112 Å². The van der Waals surface area contributed by atoms with E-state index < -0.39 is 11.9 Å². The topological polar surface area (TPSA) is 44.8 Å². The number of carbonyl (C=O) groups excluding carboxylic acids is 1. The lowest BCUT2D eigenvalue weighted by molar-refractivity contribution is -0.314. The number of carbonyl (C=O) groups is 1. The molecule has 0 aromatic rings. The third-order valence-corrected chi connectivity index (χ3v) is 6.24. The first-order valence-corrected chi connectivity index (χ1v) is 7.60. The molecule has 4 bridgehead atoms. The smallest absolute Gasteiger partial charge is 0.338 e. The van der Waals surface area contributed by atoms with Crippen LogP contribution in [0.1, 0.15) is 39.0 Å². The maximum absolute atomic E-state index is 11.7. The summed E-state index contributed by atoms with van der Waals surface area (Å²) in [7, 11) is 0. The highest BCUT2D eigenvalue weighted by molar-refractivity contribution is 5.78. The lowest BCUT2D eigenvalue weighted by Crippen LogP contribution is -2.61. The van der Waals surface area contributed by atoms with Gasteiger partial charge < -0.3 is 14.2 Å². The monoisotopic (exact) mass is 264 g/mol. The Balaban J connectivity index is 1.52. The zero-order valence-corrected chi connectivity index (χ0v) is 11.3. The fourth-order valence-corrected chi connectivity index (χ4v) is 5.87. The maximum atomic E-state index is 11.7. The van der Waals surface area contributed by atoms with E-state index in [9.17, 15) is 4.79 Å². The second-order valence-corrected chi connectivity index (χ2v) is 7.70. The van der Waals surface area contributed by atoms with E-state index in [-0.39, 0.29) is 12.1 Å². The van der Waals surface area contributed by atoms with E-state index in [1.54, 1.807) is 0 Å². The van der Waals surface area contributed by atoms with Crippen LogP contribution in [-0.2, 0) is 19.0 Å². The number of ether oxygens (including phenoxy) is 3. The average molecular weight is 264 g/mol. The second kappa shape index (κ2) is 3.17. The van der Waals surface area contributed by atoms with Crippen LogP contribution in [0.15, 0.2) is 0 Å². The van der Waals surface area contributed by atoms with Crippen LogP contribution in [0.5, 0.6) is 0 Å². The SMILES string of the molecule is CC12CC3CC(C1)C1(OC4COC(=O)C4O1)C(C3)C2. The lowest BCUT2D eigenvalue weighted by atomic mass is 9.48. The molecular weight excluding hydrogens is 244 g/mol. The summed E-state index contributed by atoms with van der Waals surface area (Å²) < 4.78 is 17.5. The lowest BCUT2D eigenvalue weighted by Gasteiger charge is -2.62. The van der Waals surface area contributed by atoms with Crippen LogP contribution < -0.4 is 0 Å². The molecule has 2 heterocycles. The molecule has 1 spiro atoms. The average Bonchev–Trinajstić information content (AvgIpc) is 2.86. The fourth-order valence-electron chi connectivity index (χ4n) is 5.87. The van der Waals surface area contributed by atoms with Crippen LogP contribution in [0, 0.1) is 23.2 Å². The fraction of sp³-hybridized carbons (Fsp3) is 0.933. The zero-order chi connectivity index (χ0) is 12.8. The Bertz CT molecular complexity index is 443. The number of hydrogen-bond acceptors (Lipinski definition) is 4. The zero-order valence-electron chi connectivity index (χ0n) is 11.3. The minimum Gasteiger partial charge on any atom is -0.461 e. The Morgan fingerprint density at radius 2 is 1.84 bits per heavy atom. The van der Waals surface area contributed by atoms with Crippen molar-refractivity contribution in [1.29, 1.82) is 0 Å². The van der Waals surface area contributed by atoms with Crippen molar-refractivity contribution in [3.63, 3.8) is 0 Å². The predicted octanol–water partition coefficient (Wildman–Crippen LogP) is 1.87. The summed E-state index contributed by atoms with van der Waals surface area (Å²) in [4.78, 5) is 11.7. The molecule has 4 saturated carbocycles. The molecule has 6 rings (SSSR count). The van der Waals surface area contributed by atoms with Gasteiger partial charge in [-0.25, -0.2) is 4.79 Å². The molecule has 0 amide bonds. The second-order valence-electron chi connectivity index (χ2n) is 7.70. The summed E-state index contributed by atoms with van der Waals surface area (Å²) in [6, 6.07) is 0. The minimum atomic E-state index is -0.453. The van der Waals surface area contributed by atoms with Gasteiger partial charge >= 0.3 is 5.97 Å². The first-order chi connectivity index (χ1) is 9.08. The molecule has 6 fully saturated rings. The summed E-state index contributed by atoms with van der Waals surface area (Å²) in [6.45, 7) is 2.81. The van der Waals surface area contributed by atoms with E-state index >= 15 is 0 Å². The van der Waals surface area contributed by atoms with Crippen LogP contribution in [0.2, 0.25) is 0 Å². The van der Waals surface area contributed by atoms with Crippen molar-refractivity contribution < 1.29 is 19.0 Å². The number of fused-ring (bicyclic) bond motifs is 1. The summed E-state index contributed by atoms with van der Waals surface area (Å²) in [6.07, 6.45) is 5.62. The molecule has 6 aliphatic rings. The number of rotatable bonds is 0.